The van der Waals surface area contributed by atoms with Crippen LogP contribution in [0.25, 0.3) is 0 Å². The molecule has 1 N–H and O–H groups in total. The molecule has 2 fully saturated rings. The normalized spacial score (nSPS) is 27.4. The summed E-state index contributed by atoms with van der Waals surface area (Å²) in [5, 5.41) is 20.9. The highest BCUT2D eigenvalue weighted by atomic mass is 16.6. The molecule has 1 spiro atoms. The third kappa shape index (κ3) is 3.46. The minimum absolute atomic E-state index is 0.0313. The number of hydrogen-bond donors (Lipinski definition) is 1. The summed E-state index contributed by atoms with van der Waals surface area (Å²) in [6.07, 6.45) is 0.828. The third-order valence-corrected chi connectivity index (χ3v) is 4.33. The molecular weight excluding hydrogens is 300 g/mol. The average Bonchev–Trinajstić information content (AvgIpc) is 2.83. The fraction of sp³-hybridized carbons (Fsp3) is 0.625. The lowest BCUT2D eigenvalue weighted by Gasteiger charge is -2.48. The first-order valence-corrected chi connectivity index (χ1v) is 7.75. The van der Waals surface area contributed by atoms with Gasteiger partial charge < -0.3 is 14.6 Å². The summed E-state index contributed by atoms with van der Waals surface area (Å²) < 4.78 is 11.8. The van der Waals surface area contributed by atoms with Crippen molar-refractivity contribution < 1.29 is 19.5 Å². The zero-order chi connectivity index (χ0) is 16.7. The second-order valence-electron chi connectivity index (χ2n) is 7.06. The Hall–Kier alpha value is -1.70. The number of hydrogen-bond acceptors (Lipinski definition) is 6. The Morgan fingerprint density at radius 1 is 1.39 bits per heavy atom. The SMILES string of the molecule is CC1(C)CN(Cc2cc(O)ccc2[N+](=O)[O-])CC2(CCOC2)O1. The number of phenols is 1. The van der Waals surface area contributed by atoms with Gasteiger partial charge in [-0.15, -0.1) is 0 Å². The molecule has 2 aliphatic rings. The van der Waals surface area contributed by atoms with Gasteiger partial charge in [-0.2, -0.15) is 0 Å². The van der Waals surface area contributed by atoms with E-state index in [-0.39, 0.29) is 22.6 Å². The average molecular weight is 322 g/mol. The molecule has 1 unspecified atom stereocenters. The van der Waals surface area contributed by atoms with Gasteiger partial charge in [0.25, 0.3) is 5.69 Å². The second kappa shape index (κ2) is 5.74. The van der Waals surface area contributed by atoms with E-state index in [2.05, 4.69) is 4.90 Å². The van der Waals surface area contributed by atoms with Gasteiger partial charge in [-0.1, -0.05) is 0 Å². The lowest BCUT2D eigenvalue weighted by Crippen LogP contribution is -2.59. The van der Waals surface area contributed by atoms with Gasteiger partial charge in [0, 0.05) is 44.3 Å². The summed E-state index contributed by atoms with van der Waals surface area (Å²) in [5.41, 5.74) is -0.143. The van der Waals surface area contributed by atoms with Gasteiger partial charge in [0.05, 0.1) is 17.1 Å². The molecule has 1 aromatic carbocycles. The van der Waals surface area contributed by atoms with Crippen LogP contribution in [0.3, 0.4) is 0 Å². The Balaban J connectivity index is 1.84. The van der Waals surface area contributed by atoms with E-state index in [4.69, 9.17) is 9.47 Å². The Kier molecular flexibility index (Phi) is 4.03. The van der Waals surface area contributed by atoms with E-state index < -0.39 is 4.92 Å². The summed E-state index contributed by atoms with van der Waals surface area (Å²) in [7, 11) is 0. The van der Waals surface area contributed by atoms with Crippen LogP contribution >= 0.6 is 0 Å². The molecule has 3 rings (SSSR count). The van der Waals surface area contributed by atoms with E-state index in [1.165, 1.54) is 18.2 Å². The highest BCUT2D eigenvalue weighted by Gasteiger charge is 2.46. The standard InChI is InChI=1S/C16H22N2O5/c1-15(2)9-17(10-16(23-15)5-6-22-11-16)8-12-7-13(19)3-4-14(12)18(20)21/h3-4,7,19H,5-6,8-11H2,1-2H3. The molecule has 2 heterocycles. The number of nitro benzene ring substituents is 1. The van der Waals surface area contributed by atoms with Gasteiger partial charge in [-0.05, 0) is 26.0 Å². The number of rotatable bonds is 3. The van der Waals surface area contributed by atoms with E-state index in [1.807, 2.05) is 13.8 Å². The van der Waals surface area contributed by atoms with Gasteiger partial charge in [0.15, 0.2) is 0 Å². The number of nitrogens with zero attached hydrogens (tertiary/aromatic N) is 2. The predicted molar refractivity (Wildman–Crippen MR) is 83.4 cm³/mol. The van der Waals surface area contributed by atoms with Crippen LogP contribution in [0, 0.1) is 10.1 Å². The lowest BCUT2D eigenvalue weighted by atomic mass is 9.94. The minimum Gasteiger partial charge on any atom is -0.508 e. The summed E-state index contributed by atoms with van der Waals surface area (Å²) >= 11 is 0. The predicted octanol–water partition coefficient (Wildman–Crippen LogP) is 2.07. The number of aromatic hydroxyl groups is 1. The molecule has 7 nitrogen and oxygen atoms in total. The van der Waals surface area contributed by atoms with E-state index in [1.54, 1.807) is 0 Å². The first kappa shape index (κ1) is 16.2. The fourth-order valence-corrected chi connectivity index (χ4v) is 3.68. The zero-order valence-electron chi connectivity index (χ0n) is 13.4. The van der Waals surface area contributed by atoms with Crippen molar-refractivity contribution in [3.8, 4) is 5.75 Å². The van der Waals surface area contributed by atoms with Crippen LogP contribution in [0.15, 0.2) is 18.2 Å². The van der Waals surface area contributed by atoms with Crippen molar-refractivity contribution in [3.05, 3.63) is 33.9 Å². The van der Waals surface area contributed by atoms with Crippen molar-refractivity contribution in [1.29, 1.82) is 0 Å². The van der Waals surface area contributed by atoms with Gasteiger partial charge in [0.1, 0.15) is 11.4 Å². The maximum atomic E-state index is 11.2. The molecule has 0 amide bonds. The van der Waals surface area contributed by atoms with E-state index >= 15 is 0 Å². The van der Waals surface area contributed by atoms with Crippen LogP contribution in [0.2, 0.25) is 0 Å². The number of nitro groups is 1. The monoisotopic (exact) mass is 322 g/mol. The van der Waals surface area contributed by atoms with Crippen molar-refractivity contribution in [3.63, 3.8) is 0 Å². The van der Waals surface area contributed by atoms with Gasteiger partial charge in [-0.3, -0.25) is 15.0 Å². The smallest absolute Gasteiger partial charge is 0.274 e. The van der Waals surface area contributed by atoms with Crippen LogP contribution in [0.5, 0.6) is 5.75 Å². The largest absolute Gasteiger partial charge is 0.508 e. The molecular formula is C16H22N2O5. The molecule has 0 saturated carbocycles. The zero-order valence-corrected chi connectivity index (χ0v) is 13.4. The quantitative estimate of drug-likeness (QED) is 0.677. The molecule has 0 bridgehead atoms. The van der Waals surface area contributed by atoms with Crippen molar-refractivity contribution in [2.75, 3.05) is 26.3 Å². The molecule has 0 aromatic heterocycles. The number of ether oxygens (including phenoxy) is 2. The first-order chi connectivity index (χ1) is 10.8. The maximum Gasteiger partial charge on any atom is 0.274 e. The van der Waals surface area contributed by atoms with Crippen molar-refractivity contribution >= 4 is 5.69 Å². The van der Waals surface area contributed by atoms with Crippen LogP contribution in [0.4, 0.5) is 5.69 Å². The summed E-state index contributed by atoms with van der Waals surface area (Å²) in [6.45, 7) is 7.02. The first-order valence-electron chi connectivity index (χ1n) is 7.75. The Morgan fingerprint density at radius 3 is 2.83 bits per heavy atom. The molecule has 2 saturated heterocycles. The van der Waals surface area contributed by atoms with Crippen molar-refractivity contribution in [1.82, 2.24) is 4.90 Å². The molecule has 23 heavy (non-hydrogen) atoms. The molecule has 1 aromatic rings. The summed E-state index contributed by atoms with van der Waals surface area (Å²) in [5.74, 6) is 0.0389. The molecule has 2 aliphatic heterocycles. The summed E-state index contributed by atoms with van der Waals surface area (Å²) in [4.78, 5) is 13.0. The molecule has 0 radical (unpaired) electrons. The van der Waals surface area contributed by atoms with Gasteiger partial charge >= 0.3 is 0 Å². The third-order valence-electron chi connectivity index (χ3n) is 4.33. The molecule has 0 aliphatic carbocycles. The van der Waals surface area contributed by atoms with Crippen LogP contribution in [0.1, 0.15) is 25.8 Å². The lowest BCUT2D eigenvalue weighted by molar-refractivity contribution is -0.385. The number of phenolic OH excluding ortho intramolecular Hbond substituents is 1. The molecule has 1 atom stereocenters. The second-order valence-corrected chi connectivity index (χ2v) is 7.06. The van der Waals surface area contributed by atoms with E-state index in [0.717, 1.165) is 6.42 Å². The Morgan fingerprint density at radius 2 is 2.17 bits per heavy atom. The van der Waals surface area contributed by atoms with Crippen LogP contribution in [-0.2, 0) is 16.0 Å². The van der Waals surface area contributed by atoms with Crippen molar-refractivity contribution in [2.24, 2.45) is 0 Å². The molecule has 7 heteroatoms. The van der Waals surface area contributed by atoms with E-state index in [9.17, 15) is 15.2 Å². The van der Waals surface area contributed by atoms with Gasteiger partial charge in [-0.25, -0.2) is 0 Å². The minimum atomic E-state index is -0.408. The van der Waals surface area contributed by atoms with Gasteiger partial charge in [0.2, 0.25) is 0 Å². The molecule has 126 valence electrons. The van der Waals surface area contributed by atoms with E-state index in [0.29, 0.717) is 38.4 Å². The highest BCUT2D eigenvalue weighted by Crippen LogP contribution is 2.36. The Bertz CT molecular complexity index is 610. The Labute approximate surface area is 135 Å². The number of morpholine rings is 1. The highest BCUT2D eigenvalue weighted by molar-refractivity contribution is 5.44. The maximum absolute atomic E-state index is 11.2. The fourth-order valence-electron chi connectivity index (χ4n) is 3.68. The summed E-state index contributed by atoms with van der Waals surface area (Å²) in [6, 6.07) is 4.17. The van der Waals surface area contributed by atoms with Crippen LogP contribution < -0.4 is 0 Å². The van der Waals surface area contributed by atoms with Crippen molar-refractivity contribution in [2.45, 2.75) is 38.0 Å². The topological polar surface area (TPSA) is 85.1 Å². The van der Waals surface area contributed by atoms with Crippen LogP contribution in [-0.4, -0.2) is 52.4 Å². The number of benzene rings is 1.